The van der Waals surface area contributed by atoms with E-state index in [0.29, 0.717) is 12.6 Å². The lowest BCUT2D eigenvalue weighted by Gasteiger charge is -2.09. The molecule has 0 bridgehead atoms. The predicted octanol–water partition coefficient (Wildman–Crippen LogP) is 1.87. The normalized spacial score (nSPS) is 14.8. The quantitative estimate of drug-likeness (QED) is 0.901. The van der Waals surface area contributed by atoms with E-state index < -0.39 is 26.6 Å². The zero-order chi connectivity index (χ0) is 15.0. The molecule has 0 saturated heterocycles. The van der Waals surface area contributed by atoms with Gasteiger partial charge >= 0.3 is 0 Å². The summed E-state index contributed by atoms with van der Waals surface area (Å²) in [7, 11) is -4.06. The van der Waals surface area contributed by atoms with E-state index in [4.69, 9.17) is 0 Å². The van der Waals surface area contributed by atoms with E-state index in [2.05, 4.69) is 15.0 Å². The van der Waals surface area contributed by atoms with Crippen LogP contribution in [-0.2, 0) is 23.0 Å². The summed E-state index contributed by atoms with van der Waals surface area (Å²) in [5, 5.41) is 3.36. The first kappa shape index (κ1) is 14.4. The molecule has 0 amide bonds. The monoisotopic (exact) mass is 331 g/mol. The molecule has 5 nitrogen and oxygen atoms in total. The van der Waals surface area contributed by atoms with Crippen molar-refractivity contribution in [1.82, 2.24) is 10.3 Å². The lowest BCUT2D eigenvalue weighted by molar-refractivity contribution is 0.568. The van der Waals surface area contributed by atoms with E-state index in [9.17, 15) is 17.2 Å². The summed E-state index contributed by atoms with van der Waals surface area (Å²) >= 11 is 1.21. The largest absolute Gasteiger partial charge is 0.311 e. The molecule has 9 heteroatoms. The molecule has 0 radical (unpaired) electrons. The molecule has 21 heavy (non-hydrogen) atoms. The number of nitrogens with zero attached hydrogens (tertiary/aromatic N) is 1. The highest BCUT2D eigenvalue weighted by atomic mass is 32.2. The first-order valence-corrected chi connectivity index (χ1v) is 8.42. The molecule has 0 aliphatic carbocycles. The van der Waals surface area contributed by atoms with Crippen molar-refractivity contribution in [2.75, 3.05) is 11.3 Å². The van der Waals surface area contributed by atoms with Gasteiger partial charge in [0.05, 0.1) is 10.6 Å². The summed E-state index contributed by atoms with van der Waals surface area (Å²) in [6, 6.07) is 2.15. The number of thiazole rings is 1. The van der Waals surface area contributed by atoms with Gasteiger partial charge in [-0.2, -0.15) is 0 Å². The van der Waals surface area contributed by atoms with Crippen molar-refractivity contribution in [3.8, 4) is 0 Å². The number of anilines is 1. The number of benzene rings is 1. The second-order valence-electron chi connectivity index (χ2n) is 4.53. The molecule has 3 rings (SSSR count). The lowest BCUT2D eigenvalue weighted by Crippen LogP contribution is -2.22. The summed E-state index contributed by atoms with van der Waals surface area (Å²) < 4.78 is 52.8. The van der Waals surface area contributed by atoms with Crippen LogP contribution in [0.2, 0.25) is 0 Å². The molecule has 0 unspecified atom stereocenters. The van der Waals surface area contributed by atoms with Crippen LogP contribution in [0.15, 0.2) is 23.1 Å². The number of aromatic nitrogens is 1. The Morgan fingerprint density at radius 1 is 1.24 bits per heavy atom. The third kappa shape index (κ3) is 3.04. The van der Waals surface area contributed by atoms with Crippen molar-refractivity contribution >= 4 is 26.5 Å². The summed E-state index contributed by atoms with van der Waals surface area (Å²) in [4.78, 5) is 4.70. The smallest absolute Gasteiger partial charge is 0.263 e. The van der Waals surface area contributed by atoms with Crippen molar-refractivity contribution in [3.05, 3.63) is 40.4 Å². The second-order valence-corrected chi connectivity index (χ2v) is 7.29. The maximum absolute atomic E-state index is 13.1. The second kappa shape index (κ2) is 5.32. The standard InChI is InChI=1S/C12H11F2N3O2S2/c13-7-3-8(14)5-9(4-7)21(18,19)17-12-16-10-1-2-15-6-11(10)20-12/h3-5,15H,1-2,6H2,(H,16,17). The highest BCUT2D eigenvalue weighted by Crippen LogP contribution is 2.27. The molecular weight excluding hydrogens is 320 g/mol. The van der Waals surface area contributed by atoms with Gasteiger partial charge in [-0.3, -0.25) is 4.72 Å². The highest BCUT2D eigenvalue weighted by Gasteiger charge is 2.21. The summed E-state index contributed by atoms with van der Waals surface area (Å²) in [5.74, 6) is -1.89. The van der Waals surface area contributed by atoms with Gasteiger partial charge in [0.15, 0.2) is 5.13 Å². The third-order valence-electron chi connectivity index (χ3n) is 2.97. The van der Waals surface area contributed by atoms with Crippen LogP contribution in [0.3, 0.4) is 0 Å². The Morgan fingerprint density at radius 3 is 2.62 bits per heavy atom. The highest BCUT2D eigenvalue weighted by molar-refractivity contribution is 7.93. The van der Waals surface area contributed by atoms with Crippen LogP contribution < -0.4 is 10.0 Å². The van der Waals surface area contributed by atoms with Crippen LogP contribution in [0.4, 0.5) is 13.9 Å². The van der Waals surface area contributed by atoms with Gasteiger partial charge in [0.1, 0.15) is 11.6 Å². The first-order chi connectivity index (χ1) is 9.94. The van der Waals surface area contributed by atoms with Crippen molar-refractivity contribution in [1.29, 1.82) is 0 Å². The van der Waals surface area contributed by atoms with Gasteiger partial charge in [-0.05, 0) is 12.1 Å². The average molecular weight is 331 g/mol. The molecule has 1 aliphatic heterocycles. The molecule has 112 valence electrons. The Kier molecular flexibility index (Phi) is 3.64. The number of nitrogens with one attached hydrogen (secondary N) is 2. The zero-order valence-electron chi connectivity index (χ0n) is 10.7. The van der Waals surface area contributed by atoms with Gasteiger partial charge in [0.25, 0.3) is 10.0 Å². The van der Waals surface area contributed by atoms with E-state index in [1.54, 1.807) is 0 Å². The van der Waals surface area contributed by atoms with Crippen LogP contribution in [0, 0.1) is 11.6 Å². The van der Waals surface area contributed by atoms with Crippen molar-refractivity contribution < 1.29 is 17.2 Å². The van der Waals surface area contributed by atoms with E-state index in [1.165, 1.54) is 11.3 Å². The van der Waals surface area contributed by atoms with Gasteiger partial charge in [-0.15, -0.1) is 0 Å². The summed E-state index contributed by atoms with van der Waals surface area (Å²) in [5.41, 5.74) is 0.849. The molecular formula is C12H11F2N3O2S2. The molecule has 2 aromatic rings. The van der Waals surface area contributed by atoms with E-state index in [-0.39, 0.29) is 5.13 Å². The van der Waals surface area contributed by atoms with Crippen LogP contribution in [0.5, 0.6) is 0 Å². The summed E-state index contributed by atoms with van der Waals surface area (Å²) in [6.07, 6.45) is 0.724. The predicted molar refractivity (Wildman–Crippen MR) is 74.7 cm³/mol. The Balaban J connectivity index is 1.90. The van der Waals surface area contributed by atoms with Crippen molar-refractivity contribution in [3.63, 3.8) is 0 Å². The summed E-state index contributed by atoms with van der Waals surface area (Å²) in [6.45, 7) is 1.43. The molecule has 0 saturated carbocycles. The molecule has 0 fully saturated rings. The number of sulfonamides is 1. The van der Waals surface area contributed by atoms with Gasteiger partial charge in [-0.1, -0.05) is 11.3 Å². The van der Waals surface area contributed by atoms with E-state index in [1.807, 2.05) is 0 Å². The molecule has 1 aliphatic rings. The minimum Gasteiger partial charge on any atom is -0.311 e. The minimum atomic E-state index is -4.06. The maximum atomic E-state index is 13.1. The van der Waals surface area contributed by atoms with Crippen LogP contribution in [0.25, 0.3) is 0 Å². The fourth-order valence-corrected chi connectivity index (χ4v) is 4.28. The SMILES string of the molecule is O=S(=O)(Nc1nc2c(s1)CNCC2)c1cc(F)cc(F)c1. The Hall–Kier alpha value is -1.58. The molecule has 1 aromatic carbocycles. The van der Waals surface area contributed by atoms with Gasteiger partial charge < -0.3 is 5.32 Å². The number of hydrogen-bond donors (Lipinski definition) is 2. The fourth-order valence-electron chi connectivity index (χ4n) is 2.03. The molecule has 2 N–H and O–H groups in total. The minimum absolute atomic E-state index is 0.202. The van der Waals surface area contributed by atoms with Crippen molar-refractivity contribution in [2.24, 2.45) is 0 Å². The Bertz CT molecular complexity index is 746. The van der Waals surface area contributed by atoms with Gasteiger partial charge in [-0.25, -0.2) is 22.2 Å². The third-order valence-corrected chi connectivity index (χ3v) is 5.43. The average Bonchev–Trinajstić information content (AvgIpc) is 2.78. The maximum Gasteiger partial charge on any atom is 0.263 e. The number of rotatable bonds is 3. The topological polar surface area (TPSA) is 71.1 Å². The molecule has 2 heterocycles. The van der Waals surface area contributed by atoms with E-state index in [0.717, 1.165) is 35.7 Å². The molecule has 1 aromatic heterocycles. The first-order valence-electron chi connectivity index (χ1n) is 6.12. The molecule has 0 spiro atoms. The number of fused-ring (bicyclic) bond motifs is 1. The van der Waals surface area contributed by atoms with Crippen LogP contribution >= 0.6 is 11.3 Å². The number of halogens is 2. The van der Waals surface area contributed by atoms with Crippen molar-refractivity contribution in [2.45, 2.75) is 17.9 Å². The van der Waals surface area contributed by atoms with Crippen LogP contribution in [0.1, 0.15) is 10.6 Å². The Labute approximate surface area is 124 Å². The molecule has 0 atom stereocenters. The zero-order valence-corrected chi connectivity index (χ0v) is 12.3. The van der Waals surface area contributed by atoms with Gasteiger partial charge in [0, 0.05) is 30.5 Å². The number of hydrogen-bond acceptors (Lipinski definition) is 5. The Morgan fingerprint density at radius 2 is 1.95 bits per heavy atom. The lowest BCUT2D eigenvalue weighted by atomic mass is 10.2. The van der Waals surface area contributed by atoms with E-state index >= 15 is 0 Å². The van der Waals surface area contributed by atoms with Gasteiger partial charge in [0.2, 0.25) is 0 Å². The fraction of sp³-hybridized carbons (Fsp3) is 0.250. The van der Waals surface area contributed by atoms with Crippen LogP contribution in [-0.4, -0.2) is 19.9 Å².